The molecule has 2 aliphatic heterocycles. The Bertz CT molecular complexity index is 230. The number of rotatable bonds is 3. The fourth-order valence-corrected chi connectivity index (χ4v) is 3.54. The van der Waals surface area contributed by atoms with Crippen molar-refractivity contribution in [3.63, 3.8) is 0 Å². The molecule has 3 nitrogen and oxygen atoms in total. The van der Waals surface area contributed by atoms with Crippen LogP contribution in [0.5, 0.6) is 0 Å². The van der Waals surface area contributed by atoms with E-state index in [0.717, 1.165) is 12.6 Å². The average molecular weight is 239 g/mol. The molecule has 0 aromatic rings. The van der Waals surface area contributed by atoms with E-state index in [0.29, 0.717) is 12.1 Å². The van der Waals surface area contributed by atoms with Gasteiger partial charge in [-0.3, -0.25) is 4.90 Å². The number of likely N-dealkylation sites (tertiary alicyclic amines) is 2. The SMILES string of the molecule is CC(C)N1CCCC(N2CCCC2CN)CC1. The summed E-state index contributed by atoms with van der Waals surface area (Å²) in [5.74, 6) is 0. The normalized spacial score (nSPS) is 33.2. The van der Waals surface area contributed by atoms with E-state index >= 15 is 0 Å². The van der Waals surface area contributed by atoms with Crippen LogP contribution in [0, 0.1) is 0 Å². The molecule has 2 unspecified atom stereocenters. The molecule has 0 bridgehead atoms. The van der Waals surface area contributed by atoms with Gasteiger partial charge in [0.2, 0.25) is 0 Å². The van der Waals surface area contributed by atoms with Crippen molar-refractivity contribution >= 4 is 0 Å². The first kappa shape index (κ1) is 13.3. The molecule has 0 aromatic heterocycles. The molecule has 0 radical (unpaired) electrons. The number of hydrogen-bond donors (Lipinski definition) is 1. The zero-order valence-electron chi connectivity index (χ0n) is 11.6. The van der Waals surface area contributed by atoms with E-state index in [1.54, 1.807) is 0 Å². The first-order valence-corrected chi connectivity index (χ1v) is 7.42. The Morgan fingerprint density at radius 2 is 1.82 bits per heavy atom. The highest BCUT2D eigenvalue weighted by atomic mass is 15.2. The second-order valence-corrected chi connectivity index (χ2v) is 5.98. The second-order valence-electron chi connectivity index (χ2n) is 5.98. The van der Waals surface area contributed by atoms with Crippen LogP contribution in [-0.4, -0.2) is 54.1 Å². The maximum absolute atomic E-state index is 5.89. The Morgan fingerprint density at radius 3 is 2.53 bits per heavy atom. The molecule has 2 aliphatic rings. The van der Waals surface area contributed by atoms with Crippen LogP contribution >= 0.6 is 0 Å². The molecule has 2 saturated heterocycles. The summed E-state index contributed by atoms with van der Waals surface area (Å²) in [6.07, 6.45) is 6.75. The van der Waals surface area contributed by atoms with Crippen LogP contribution in [0.25, 0.3) is 0 Å². The van der Waals surface area contributed by atoms with E-state index in [4.69, 9.17) is 5.73 Å². The summed E-state index contributed by atoms with van der Waals surface area (Å²) in [7, 11) is 0. The van der Waals surface area contributed by atoms with Crippen molar-refractivity contribution < 1.29 is 0 Å². The fraction of sp³-hybridized carbons (Fsp3) is 1.00. The van der Waals surface area contributed by atoms with Gasteiger partial charge in [-0.2, -0.15) is 0 Å². The van der Waals surface area contributed by atoms with E-state index in [1.165, 1.54) is 51.7 Å². The molecule has 17 heavy (non-hydrogen) atoms. The molecular weight excluding hydrogens is 210 g/mol. The Kier molecular flexibility index (Phi) is 4.83. The summed E-state index contributed by atoms with van der Waals surface area (Å²) >= 11 is 0. The van der Waals surface area contributed by atoms with Crippen molar-refractivity contribution in [2.24, 2.45) is 5.73 Å². The van der Waals surface area contributed by atoms with E-state index in [2.05, 4.69) is 23.6 Å². The summed E-state index contributed by atoms with van der Waals surface area (Å²) < 4.78 is 0. The molecule has 100 valence electrons. The van der Waals surface area contributed by atoms with Crippen molar-refractivity contribution in [2.45, 2.75) is 64.1 Å². The highest BCUT2D eigenvalue weighted by Crippen LogP contribution is 2.25. The van der Waals surface area contributed by atoms with Crippen molar-refractivity contribution in [1.29, 1.82) is 0 Å². The quantitative estimate of drug-likeness (QED) is 0.813. The predicted molar refractivity (Wildman–Crippen MR) is 73.1 cm³/mol. The van der Waals surface area contributed by atoms with E-state index in [-0.39, 0.29) is 0 Å². The second kappa shape index (κ2) is 6.17. The van der Waals surface area contributed by atoms with E-state index in [9.17, 15) is 0 Å². The maximum atomic E-state index is 5.89. The third-order valence-corrected chi connectivity index (χ3v) is 4.63. The molecule has 0 aromatic carbocycles. The Morgan fingerprint density at radius 1 is 1.06 bits per heavy atom. The van der Waals surface area contributed by atoms with Gasteiger partial charge >= 0.3 is 0 Å². The van der Waals surface area contributed by atoms with Crippen molar-refractivity contribution in [1.82, 2.24) is 9.80 Å². The van der Waals surface area contributed by atoms with Gasteiger partial charge < -0.3 is 10.6 Å². The third kappa shape index (κ3) is 3.21. The number of nitrogens with zero attached hydrogens (tertiary/aromatic N) is 2. The molecule has 0 amide bonds. The van der Waals surface area contributed by atoms with Gasteiger partial charge in [0.05, 0.1) is 0 Å². The highest BCUT2D eigenvalue weighted by Gasteiger charge is 2.31. The monoisotopic (exact) mass is 239 g/mol. The van der Waals surface area contributed by atoms with Crippen LogP contribution in [-0.2, 0) is 0 Å². The first-order valence-electron chi connectivity index (χ1n) is 7.42. The minimum atomic E-state index is 0.672. The van der Waals surface area contributed by atoms with Crippen molar-refractivity contribution in [2.75, 3.05) is 26.2 Å². The van der Waals surface area contributed by atoms with Crippen molar-refractivity contribution in [3.05, 3.63) is 0 Å². The Hall–Kier alpha value is -0.120. The molecule has 2 heterocycles. The van der Waals surface area contributed by atoms with E-state index in [1.807, 2.05) is 0 Å². The van der Waals surface area contributed by atoms with Crippen LogP contribution < -0.4 is 5.73 Å². The lowest BCUT2D eigenvalue weighted by atomic mass is 10.1. The smallest absolute Gasteiger partial charge is 0.0221 e. The van der Waals surface area contributed by atoms with Gasteiger partial charge in [0.1, 0.15) is 0 Å². The minimum Gasteiger partial charge on any atom is -0.329 e. The average Bonchev–Trinajstić information content (AvgIpc) is 2.65. The first-order chi connectivity index (χ1) is 8.22. The van der Waals surface area contributed by atoms with Crippen LogP contribution in [0.1, 0.15) is 46.0 Å². The van der Waals surface area contributed by atoms with Gasteiger partial charge in [0.15, 0.2) is 0 Å². The zero-order valence-corrected chi connectivity index (χ0v) is 11.6. The van der Waals surface area contributed by atoms with Crippen LogP contribution in [0.4, 0.5) is 0 Å². The topological polar surface area (TPSA) is 32.5 Å². The van der Waals surface area contributed by atoms with Crippen LogP contribution in [0.3, 0.4) is 0 Å². The van der Waals surface area contributed by atoms with Crippen LogP contribution in [0.15, 0.2) is 0 Å². The summed E-state index contributed by atoms with van der Waals surface area (Å²) in [5.41, 5.74) is 5.89. The summed E-state index contributed by atoms with van der Waals surface area (Å²) in [5, 5.41) is 0. The standard InChI is InChI=1S/C14H29N3/c1-12(2)16-8-3-5-13(7-10-16)17-9-4-6-14(17)11-15/h12-14H,3-11,15H2,1-2H3. The van der Waals surface area contributed by atoms with Gasteiger partial charge in [-0.25, -0.2) is 0 Å². The molecule has 2 rings (SSSR count). The van der Waals surface area contributed by atoms with Gasteiger partial charge in [0.25, 0.3) is 0 Å². The number of nitrogens with two attached hydrogens (primary N) is 1. The molecule has 2 fully saturated rings. The fourth-order valence-electron chi connectivity index (χ4n) is 3.54. The van der Waals surface area contributed by atoms with Gasteiger partial charge in [-0.05, 0) is 65.6 Å². The molecular formula is C14H29N3. The van der Waals surface area contributed by atoms with Gasteiger partial charge in [-0.1, -0.05) is 0 Å². The van der Waals surface area contributed by atoms with E-state index < -0.39 is 0 Å². The lowest BCUT2D eigenvalue weighted by Gasteiger charge is -2.32. The molecule has 0 saturated carbocycles. The highest BCUT2D eigenvalue weighted by molar-refractivity contribution is 4.87. The molecule has 0 aliphatic carbocycles. The molecule has 2 N–H and O–H groups in total. The summed E-state index contributed by atoms with van der Waals surface area (Å²) in [4.78, 5) is 5.34. The van der Waals surface area contributed by atoms with Gasteiger partial charge in [0, 0.05) is 24.7 Å². The van der Waals surface area contributed by atoms with Gasteiger partial charge in [-0.15, -0.1) is 0 Å². The van der Waals surface area contributed by atoms with Crippen molar-refractivity contribution in [3.8, 4) is 0 Å². The Labute approximate surface area is 106 Å². The maximum Gasteiger partial charge on any atom is 0.0221 e. The zero-order chi connectivity index (χ0) is 12.3. The molecule has 2 atom stereocenters. The molecule has 3 heteroatoms. The lowest BCUT2D eigenvalue weighted by Crippen LogP contribution is -2.43. The minimum absolute atomic E-state index is 0.672. The molecule has 0 spiro atoms. The lowest BCUT2D eigenvalue weighted by molar-refractivity contribution is 0.161. The number of hydrogen-bond acceptors (Lipinski definition) is 3. The largest absolute Gasteiger partial charge is 0.329 e. The Balaban J connectivity index is 1.89. The third-order valence-electron chi connectivity index (χ3n) is 4.63. The summed E-state index contributed by atoms with van der Waals surface area (Å²) in [6, 6.07) is 2.18. The predicted octanol–water partition coefficient (Wildman–Crippen LogP) is 1.67. The summed E-state index contributed by atoms with van der Waals surface area (Å²) in [6.45, 7) is 9.34. The van der Waals surface area contributed by atoms with Crippen LogP contribution in [0.2, 0.25) is 0 Å².